The molecule has 4 aromatic rings. The molecule has 0 aliphatic heterocycles. The molecule has 0 bridgehead atoms. The molecule has 0 radical (unpaired) electrons. The number of carbonyl (C=O) groups excluding carboxylic acids is 1. The van der Waals surface area contributed by atoms with Crippen LogP contribution in [0.4, 0.5) is 5.69 Å². The smallest absolute Gasteiger partial charge is 0.321 e. The lowest BCUT2D eigenvalue weighted by Gasteiger charge is -2.13. The van der Waals surface area contributed by atoms with Crippen molar-refractivity contribution in [1.82, 2.24) is 9.13 Å². The van der Waals surface area contributed by atoms with Crippen LogP contribution in [0.5, 0.6) is 0 Å². The second kappa shape index (κ2) is 7.88. The summed E-state index contributed by atoms with van der Waals surface area (Å²) in [6.07, 6.45) is 0. The molecule has 0 saturated heterocycles. The zero-order valence-electron chi connectivity index (χ0n) is 17.4. The maximum Gasteiger partial charge on any atom is 0.328 e. The number of rotatable bonds is 4. The van der Waals surface area contributed by atoms with Gasteiger partial charge in [0.2, 0.25) is 0 Å². The van der Waals surface area contributed by atoms with Crippen molar-refractivity contribution in [3.63, 3.8) is 0 Å². The molecule has 1 N–H and O–H groups in total. The lowest BCUT2D eigenvalue weighted by atomic mass is 10.1. The van der Waals surface area contributed by atoms with E-state index >= 15 is 0 Å². The van der Waals surface area contributed by atoms with Crippen molar-refractivity contribution >= 4 is 34.4 Å². The first kappa shape index (κ1) is 20.0. The number of amides is 1. The van der Waals surface area contributed by atoms with Crippen molar-refractivity contribution in [2.24, 2.45) is 14.1 Å². The summed E-state index contributed by atoms with van der Waals surface area (Å²) >= 11 is 1.56. The molecule has 5 nitrogen and oxygen atoms in total. The van der Waals surface area contributed by atoms with Crippen molar-refractivity contribution < 1.29 is 4.79 Å². The maximum absolute atomic E-state index is 12.9. The predicted molar refractivity (Wildman–Crippen MR) is 123 cm³/mol. The number of imidazole rings is 1. The Morgan fingerprint density at radius 1 is 0.867 bits per heavy atom. The number of fused-ring (bicyclic) bond motifs is 1. The molecule has 0 aliphatic rings. The number of aromatic nitrogens is 2. The Kier molecular flexibility index (Phi) is 5.26. The summed E-state index contributed by atoms with van der Waals surface area (Å²) < 4.78 is 3.22. The molecule has 0 spiro atoms. The summed E-state index contributed by atoms with van der Waals surface area (Å²) in [7, 11) is 3.50. The Bertz CT molecular complexity index is 1320. The third-order valence-electron chi connectivity index (χ3n) is 5.15. The number of aryl methyl sites for hydroxylation is 4. The van der Waals surface area contributed by atoms with Gasteiger partial charge < -0.3 is 5.32 Å². The summed E-state index contributed by atoms with van der Waals surface area (Å²) in [5.41, 5.74) is 4.99. The molecule has 0 saturated carbocycles. The highest BCUT2D eigenvalue weighted by Gasteiger charge is 2.16. The van der Waals surface area contributed by atoms with Gasteiger partial charge in [-0.1, -0.05) is 47.2 Å². The van der Waals surface area contributed by atoms with Crippen molar-refractivity contribution in [2.75, 3.05) is 5.32 Å². The van der Waals surface area contributed by atoms with Crippen LogP contribution < -0.4 is 11.0 Å². The zero-order valence-corrected chi connectivity index (χ0v) is 18.2. The van der Waals surface area contributed by atoms with E-state index in [1.54, 1.807) is 41.1 Å². The fourth-order valence-corrected chi connectivity index (χ4v) is 4.34. The minimum Gasteiger partial charge on any atom is -0.321 e. The van der Waals surface area contributed by atoms with Crippen molar-refractivity contribution in [3.05, 3.63) is 87.8 Å². The van der Waals surface area contributed by atoms with Gasteiger partial charge >= 0.3 is 5.69 Å². The van der Waals surface area contributed by atoms with Crippen molar-refractivity contribution in [2.45, 2.75) is 23.6 Å². The van der Waals surface area contributed by atoms with E-state index in [1.807, 2.05) is 44.2 Å². The molecule has 0 atom stereocenters. The van der Waals surface area contributed by atoms with Gasteiger partial charge in [-0.2, -0.15) is 0 Å². The van der Waals surface area contributed by atoms with E-state index in [0.717, 1.165) is 26.4 Å². The Morgan fingerprint density at radius 3 is 2.20 bits per heavy atom. The normalized spacial score (nSPS) is 11.1. The summed E-state index contributed by atoms with van der Waals surface area (Å²) in [5.74, 6) is -0.176. The first-order chi connectivity index (χ1) is 14.3. The molecule has 0 aliphatic carbocycles. The average molecular weight is 418 g/mol. The highest BCUT2D eigenvalue weighted by molar-refractivity contribution is 7.99. The van der Waals surface area contributed by atoms with Crippen LogP contribution in [-0.4, -0.2) is 15.0 Å². The van der Waals surface area contributed by atoms with E-state index in [1.165, 1.54) is 5.56 Å². The lowest BCUT2D eigenvalue weighted by molar-refractivity contribution is 0.102. The number of nitrogens with zero attached hydrogens (tertiary/aromatic N) is 2. The summed E-state index contributed by atoms with van der Waals surface area (Å²) in [4.78, 5) is 27.3. The first-order valence-electron chi connectivity index (χ1n) is 9.65. The average Bonchev–Trinajstić information content (AvgIpc) is 2.93. The van der Waals surface area contributed by atoms with Crippen LogP contribution in [0.3, 0.4) is 0 Å². The van der Waals surface area contributed by atoms with E-state index in [-0.39, 0.29) is 11.6 Å². The van der Waals surface area contributed by atoms with Crippen molar-refractivity contribution in [1.29, 1.82) is 0 Å². The Balaban J connectivity index is 1.80. The van der Waals surface area contributed by atoms with Crippen LogP contribution in [-0.2, 0) is 14.1 Å². The molecule has 3 aromatic carbocycles. The molecule has 0 fully saturated rings. The minimum atomic E-state index is -0.176. The van der Waals surface area contributed by atoms with Crippen LogP contribution in [0.25, 0.3) is 11.0 Å². The monoisotopic (exact) mass is 417 g/mol. The van der Waals surface area contributed by atoms with E-state index in [2.05, 4.69) is 29.6 Å². The van der Waals surface area contributed by atoms with E-state index in [4.69, 9.17) is 0 Å². The largest absolute Gasteiger partial charge is 0.328 e. The van der Waals surface area contributed by atoms with Crippen LogP contribution in [0.2, 0.25) is 0 Å². The highest BCUT2D eigenvalue weighted by Crippen LogP contribution is 2.36. The number of nitrogens with one attached hydrogen (secondary N) is 1. The summed E-state index contributed by atoms with van der Waals surface area (Å²) in [5, 5.41) is 3.05. The number of anilines is 1. The minimum absolute atomic E-state index is 0.0987. The summed E-state index contributed by atoms with van der Waals surface area (Å²) in [6.45, 7) is 4.01. The third-order valence-corrected chi connectivity index (χ3v) is 6.22. The van der Waals surface area contributed by atoms with Gasteiger partial charge in [-0.05, 0) is 50.2 Å². The van der Waals surface area contributed by atoms with Gasteiger partial charge in [0.1, 0.15) is 0 Å². The molecular weight excluding hydrogens is 394 g/mol. The van der Waals surface area contributed by atoms with Gasteiger partial charge in [-0.3, -0.25) is 13.9 Å². The van der Waals surface area contributed by atoms with E-state index < -0.39 is 0 Å². The van der Waals surface area contributed by atoms with Gasteiger partial charge in [0.05, 0.1) is 16.7 Å². The quantitative estimate of drug-likeness (QED) is 0.514. The molecule has 6 heteroatoms. The lowest BCUT2D eigenvalue weighted by Crippen LogP contribution is -2.19. The van der Waals surface area contributed by atoms with Crippen LogP contribution in [0, 0.1) is 13.8 Å². The van der Waals surface area contributed by atoms with Crippen LogP contribution in [0.15, 0.2) is 75.2 Å². The number of hydrogen-bond acceptors (Lipinski definition) is 3. The van der Waals surface area contributed by atoms with Gasteiger partial charge in [-0.25, -0.2) is 4.79 Å². The molecule has 0 unspecified atom stereocenters. The molecule has 1 amide bonds. The van der Waals surface area contributed by atoms with Gasteiger partial charge in [0, 0.05) is 29.4 Å². The Labute approximate surface area is 179 Å². The number of hydrogen-bond donors (Lipinski definition) is 1. The maximum atomic E-state index is 12.9. The molecule has 1 aromatic heterocycles. The standard InChI is InChI=1S/C24H23N3O2S/c1-15-8-10-18(11-9-15)30-22-14-21-20(26(3)24(29)27(21)4)13-19(22)25-23(28)17-7-5-6-16(2)12-17/h5-14H,1-4H3,(H,25,28). The molecule has 30 heavy (non-hydrogen) atoms. The van der Waals surface area contributed by atoms with Crippen LogP contribution in [0.1, 0.15) is 21.5 Å². The Morgan fingerprint density at radius 2 is 1.53 bits per heavy atom. The van der Waals surface area contributed by atoms with Gasteiger partial charge in [-0.15, -0.1) is 0 Å². The van der Waals surface area contributed by atoms with Gasteiger partial charge in [0.15, 0.2) is 0 Å². The molecule has 152 valence electrons. The molecule has 1 heterocycles. The predicted octanol–water partition coefficient (Wildman–Crippen LogP) is 4.90. The summed E-state index contributed by atoms with van der Waals surface area (Å²) in [6, 6.07) is 19.6. The molecule has 4 rings (SSSR count). The fourth-order valence-electron chi connectivity index (χ4n) is 3.42. The fraction of sp³-hybridized carbons (Fsp3) is 0.167. The topological polar surface area (TPSA) is 56.0 Å². The highest BCUT2D eigenvalue weighted by atomic mass is 32.2. The molecular formula is C24H23N3O2S. The van der Waals surface area contributed by atoms with Crippen LogP contribution >= 0.6 is 11.8 Å². The number of carbonyl (C=O) groups is 1. The van der Waals surface area contributed by atoms with E-state index in [0.29, 0.717) is 11.3 Å². The van der Waals surface area contributed by atoms with Gasteiger partial charge in [0.25, 0.3) is 5.91 Å². The van der Waals surface area contributed by atoms with Crippen molar-refractivity contribution in [3.8, 4) is 0 Å². The second-order valence-electron chi connectivity index (χ2n) is 7.48. The van der Waals surface area contributed by atoms with E-state index in [9.17, 15) is 9.59 Å². The SMILES string of the molecule is Cc1ccc(Sc2cc3c(cc2NC(=O)c2cccc(C)c2)n(C)c(=O)n3C)cc1. The second-order valence-corrected chi connectivity index (χ2v) is 8.59. The zero-order chi connectivity index (χ0) is 21.4. The third kappa shape index (κ3) is 3.78. The number of benzene rings is 3. The Hall–Kier alpha value is -3.25. The first-order valence-corrected chi connectivity index (χ1v) is 10.5.